The number of amides is 3. The zero-order valence-corrected chi connectivity index (χ0v) is 22.5. The Morgan fingerprint density at radius 3 is 2.24 bits per heavy atom. The van der Waals surface area contributed by atoms with Gasteiger partial charge >= 0.3 is 0 Å². The number of Topliss-reactive ketones (excluding diaryl/α,β-unsaturated/α-hetero) is 1. The van der Waals surface area contributed by atoms with E-state index >= 15 is 0 Å². The van der Waals surface area contributed by atoms with Gasteiger partial charge in [0, 0.05) is 6.54 Å². The summed E-state index contributed by atoms with van der Waals surface area (Å²) < 4.78 is 0. The lowest BCUT2D eigenvalue weighted by Crippen LogP contribution is -2.58. The van der Waals surface area contributed by atoms with E-state index in [0.717, 1.165) is 24.8 Å². The SMILES string of the molecule is C=C(C[C@H]1CCN(C(=O)[C@@H](N)C(C)(C)C)[C@@H]1C(=O)NC(CC1CCC1)C(=O)C(=O)NP)C(C)C. The Morgan fingerprint density at radius 2 is 1.76 bits per heavy atom. The summed E-state index contributed by atoms with van der Waals surface area (Å²) >= 11 is 0. The van der Waals surface area contributed by atoms with E-state index in [1.165, 1.54) is 0 Å². The molecular weight excluding hydrogens is 451 g/mol. The molecule has 9 heteroatoms. The summed E-state index contributed by atoms with van der Waals surface area (Å²) in [6.45, 7) is 14.4. The van der Waals surface area contributed by atoms with Crippen molar-refractivity contribution in [1.82, 2.24) is 15.3 Å². The number of allylic oxidation sites excluding steroid dienone is 1. The molecule has 2 unspecified atom stereocenters. The fraction of sp³-hybridized carbons (Fsp3) is 0.760. The van der Waals surface area contributed by atoms with Crippen molar-refractivity contribution >= 4 is 32.9 Å². The molecule has 192 valence electrons. The van der Waals surface area contributed by atoms with Crippen molar-refractivity contribution in [3.05, 3.63) is 12.2 Å². The molecule has 0 aromatic carbocycles. The van der Waals surface area contributed by atoms with Crippen LogP contribution < -0.4 is 16.1 Å². The van der Waals surface area contributed by atoms with Crippen molar-refractivity contribution in [3.8, 4) is 0 Å². The van der Waals surface area contributed by atoms with Crippen LogP contribution in [0.1, 0.15) is 73.1 Å². The average molecular weight is 495 g/mol. The molecule has 4 N–H and O–H groups in total. The Labute approximate surface area is 206 Å². The highest BCUT2D eigenvalue weighted by atomic mass is 31.0. The van der Waals surface area contributed by atoms with Gasteiger partial charge < -0.3 is 21.0 Å². The number of likely N-dealkylation sites (tertiary alicyclic amines) is 1. The van der Waals surface area contributed by atoms with E-state index in [0.29, 0.717) is 31.7 Å². The van der Waals surface area contributed by atoms with E-state index < -0.39 is 41.1 Å². The molecule has 0 spiro atoms. The van der Waals surface area contributed by atoms with Crippen molar-refractivity contribution in [1.29, 1.82) is 0 Å². The second kappa shape index (κ2) is 11.8. The minimum absolute atomic E-state index is 0.124. The van der Waals surface area contributed by atoms with Gasteiger partial charge in [0.2, 0.25) is 17.6 Å². The molecule has 2 rings (SSSR count). The first kappa shape index (κ1) is 28.4. The molecule has 3 amide bonds. The van der Waals surface area contributed by atoms with Crippen molar-refractivity contribution in [2.75, 3.05) is 6.54 Å². The van der Waals surface area contributed by atoms with Crippen LogP contribution >= 0.6 is 9.39 Å². The average Bonchev–Trinajstić information content (AvgIpc) is 3.15. The fourth-order valence-electron chi connectivity index (χ4n) is 4.57. The van der Waals surface area contributed by atoms with Gasteiger partial charge in [0.1, 0.15) is 6.04 Å². The molecule has 1 heterocycles. The van der Waals surface area contributed by atoms with Gasteiger partial charge in [0.05, 0.1) is 12.1 Å². The number of nitrogens with one attached hydrogen (secondary N) is 2. The zero-order chi connectivity index (χ0) is 25.8. The van der Waals surface area contributed by atoms with Gasteiger partial charge in [-0.2, -0.15) is 0 Å². The van der Waals surface area contributed by atoms with Crippen LogP contribution in [-0.2, 0) is 19.2 Å². The molecule has 0 aromatic rings. The molecule has 5 atom stereocenters. The van der Waals surface area contributed by atoms with Crippen molar-refractivity contribution in [2.24, 2.45) is 28.9 Å². The zero-order valence-electron chi connectivity index (χ0n) is 21.4. The lowest BCUT2D eigenvalue weighted by molar-refractivity contribution is -0.144. The van der Waals surface area contributed by atoms with Crippen LogP contribution in [-0.4, -0.2) is 53.1 Å². The monoisotopic (exact) mass is 494 g/mol. The standard InChI is InChI=1S/C25H43N4O4P/c1-14(2)15(3)12-17-10-11-29(24(33)21(26)25(4,5)6)19(17)22(31)27-18(13-16-8-7-9-16)20(30)23(32)28-34/h14,16-19,21H,3,7-13,26,34H2,1-2,4-6H3,(H,27,31)(H,28,32)/t17-,18?,19+,21-/m1/s1. The van der Waals surface area contributed by atoms with E-state index in [4.69, 9.17) is 5.73 Å². The number of carbonyl (C=O) groups is 4. The Morgan fingerprint density at radius 1 is 1.15 bits per heavy atom. The third-order valence-corrected chi connectivity index (χ3v) is 7.66. The Bertz CT molecular complexity index is 803. The van der Waals surface area contributed by atoms with Crippen LogP contribution in [0.25, 0.3) is 0 Å². The second-order valence-electron chi connectivity index (χ2n) is 11.3. The Balaban J connectivity index is 2.30. The predicted octanol–water partition coefficient (Wildman–Crippen LogP) is 2.33. The molecule has 0 radical (unpaired) electrons. The Hall–Kier alpha value is -1.79. The maximum absolute atomic E-state index is 13.6. The van der Waals surface area contributed by atoms with E-state index in [-0.39, 0.29) is 17.7 Å². The van der Waals surface area contributed by atoms with Crippen molar-refractivity contribution in [3.63, 3.8) is 0 Å². The van der Waals surface area contributed by atoms with Gasteiger partial charge in [0.25, 0.3) is 5.91 Å². The highest BCUT2D eigenvalue weighted by Gasteiger charge is 2.46. The van der Waals surface area contributed by atoms with E-state index in [2.05, 4.69) is 30.8 Å². The molecule has 8 nitrogen and oxygen atoms in total. The minimum atomic E-state index is -0.916. The molecule has 1 aliphatic carbocycles. The smallest absolute Gasteiger partial charge is 0.292 e. The van der Waals surface area contributed by atoms with Crippen LogP contribution in [0.4, 0.5) is 0 Å². The summed E-state index contributed by atoms with van der Waals surface area (Å²) in [4.78, 5) is 53.4. The largest absolute Gasteiger partial charge is 0.344 e. The summed E-state index contributed by atoms with van der Waals surface area (Å²) in [6, 6.07) is -2.43. The number of hydrogen-bond donors (Lipinski definition) is 3. The number of rotatable bonds is 10. The third kappa shape index (κ3) is 6.88. The van der Waals surface area contributed by atoms with Crippen LogP contribution in [0.5, 0.6) is 0 Å². The van der Waals surface area contributed by atoms with Gasteiger partial charge in [-0.05, 0) is 51.8 Å². The van der Waals surface area contributed by atoms with Gasteiger partial charge in [-0.1, -0.05) is 66.0 Å². The quantitative estimate of drug-likeness (QED) is 0.244. The molecule has 34 heavy (non-hydrogen) atoms. The highest BCUT2D eigenvalue weighted by Crippen LogP contribution is 2.34. The number of carbonyl (C=O) groups excluding carboxylic acids is 4. The first-order valence-electron chi connectivity index (χ1n) is 12.4. The Kier molecular flexibility index (Phi) is 9.84. The predicted molar refractivity (Wildman–Crippen MR) is 136 cm³/mol. The molecule has 1 aliphatic heterocycles. The van der Waals surface area contributed by atoms with Crippen molar-refractivity contribution < 1.29 is 19.2 Å². The minimum Gasteiger partial charge on any atom is -0.344 e. The maximum atomic E-state index is 13.6. The summed E-state index contributed by atoms with van der Waals surface area (Å²) in [6.07, 6.45) is 4.73. The topological polar surface area (TPSA) is 122 Å². The first-order valence-corrected chi connectivity index (χ1v) is 12.9. The molecule has 2 aliphatic rings. The van der Waals surface area contributed by atoms with Crippen LogP contribution in [0.15, 0.2) is 12.2 Å². The molecule has 0 aromatic heterocycles. The lowest BCUT2D eigenvalue weighted by Gasteiger charge is -2.35. The summed E-state index contributed by atoms with van der Waals surface area (Å²) in [5, 5.41) is 5.13. The molecule has 2 fully saturated rings. The fourth-order valence-corrected chi connectivity index (χ4v) is 4.72. The highest BCUT2D eigenvalue weighted by molar-refractivity contribution is 7.15. The number of hydrogen-bond acceptors (Lipinski definition) is 5. The summed E-state index contributed by atoms with van der Waals surface area (Å²) in [5.41, 5.74) is 6.83. The van der Waals surface area contributed by atoms with Crippen molar-refractivity contribution in [2.45, 2.75) is 91.3 Å². The van der Waals surface area contributed by atoms with Crippen LogP contribution in [0.2, 0.25) is 0 Å². The number of ketones is 1. The van der Waals surface area contributed by atoms with Gasteiger partial charge in [-0.3, -0.25) is 19.2 Å². The summed E-state index contributed by atoms with van der Waals surface area (Å²) in [5.74, 6) is -1.66. The van der Waals surface area contributed by atoms with Crippen LogP contribution in [0, 0.1) is 23.2 Å². The normalized spacial score (nSPS) is 22.6. The lowest BCUT2D eigenvalue weighted by atomic mass is 9.80. The molecule has 1 saturated heterocycles. The van der Waals surface area contributed by atoms with Gasteiger partial charge in [0.15, 0.2) is 0 Å². The summed E-state index contributed by atoms with van der Waals surface area (Å²) in [7, 11) is 2.03. The van der Waals surface area contributed by atoms with Gasteiger partial charge in [-0.25, -0.2) is 0 Å². The second-order valence-corrected chi connectivity index (χ2v) is 11.6. The molecule has 0 bridgehead atoms. The number of nitrogens with two attached hydrogens (primary N) is 1. The van der Waals surface area contributed by atoms with E-state index in [9.17, 15) is 19.2 Å². The van der Waals surface area contributed by atoms with E-state index in [1.54, 1.807) is 4.90 Å². The van der Waals surface area contributed by atoms with E-state index in [1.807, 2.05) is 30.2 Å². The first-order chi connectivity index (χ1) is 15.8. The number of nitrogens with zero attached hydrogens (tertiary/aromatic N) is 1. The maximum Gasteiger partial charge on any atom is 0.292 e. The molecular formula is C25H43N4O4P. The third-order valence-electron chi connectivity index (χ3n) is 7.40. The van der Waals surface area contributed by atoms with Crippen LogP contribution in [0.3, 0.4) is 0 Å². The molecule has 1 saturated carbocycles. The van der Waals surface area contributed by atoms with Gasteiger partial charge in [-0.15, -0.1) is 0 Å².